The highest BCUT2D eigenvalue weighted by Crippen LogP contribution is 2.60. The maximum atomic E-state index is 13.1. The minimum Gasteiger partial charge on any atom is -0.355 e. The fourth-order valence-electron chi connectivity index (χ4n) is 7.06. The highest BCUT2D eigenvalue weighted by atomic mass is 16.2. The zero-order valence-corrected chi connectivity index (χ0v) is 18.9. The van der Waals surface area contributed by atoms with Crippen LogP contribution < -0.4 is 10.2 Å². The molecule has 6 rings (SSSR count). The van der Waals surface area contributed by atoms with Crippen LogP contribution in [0.5, 0.6) is 0 Å². The van der Waals surface area contributed by atoms with Crippen molar-refractivity contribution in [1.29, 1.82) is 0 Å². The smallest absolute Gasteiger partial charge is 0.226 e. The van der Waals surface area contributed by atoms with Gasteiger partial charge < -0.3 is 15.1 Å². The van der Waals surface area contributed by atoms with Crippen LogP contribution in [0.25, 0.3) is 0 Å². The van der Waals surface area contributed by atoms with Crippen LogP contribution in [0.1, 0.15) is 56.5 Å². The van der Waals surface area contributed by atoms with Gasteiger partial charge in [0.1, 0.15) is 11.6 Å². The summed E-state index contributed by atoms with van der Waals surface area (Å²) in [4.78, 5) is 38.8. The molecule has 1 aromatic heterocycles. The van der Waals surface area contributed by atoms with E-state index in [1.807, 2.05) is 24.8 Å². The van der Waals surface area contributed by atoms with E-state index in [9.17, 15) is 9.59 Å². The Balaban J connectivity index is 1.08. The maximum Gasteiger partial charge on any atom is 0.226 e. The molecule has 4 aliphatic carbocycles. The van der Waals surface area contributed by atoms with E-state index in [1.54, 1.807) is 0 Å². The lowest BCUT2D eigenvalue weighted by Crippen LogP contribution is -2.54. The number of piperazine rings is 1. The number of carbonyl (C=O) groups is 2. The number of anilines is 1. The molecule has 168 valence electrons. The molecule has 4 bridgehead atoms. The average molecular weight is 426 g/mol. The molecule has 1 aromatic rings. The average Bonchev–Trinajstić information content (AvgIpc) is 2.72. The van der Waals surface area contributed by atoms with Crippen molar-refractivity contribution in [3.05, 3.63) is 17.6 Å². The first-order valence-corrected chi connectivity index (χ1v) is 12.0. The Hall–Kier alpha value is -2.18. The van der Waals surface area contributed by atoms with Gasteiger partial charge in [-0.1, -0.05) is 0 Å². The van der Waals surface area contributed by atoms with E-state index in [0.717, 1.165) is 67.4 Å². The highest BCUT2D eigenvalue weighted by molar-refractivity contribution is 5.84. The second-order valence-corrected chi connectivity index (χ2v) is 10.5. The van der Waals surface area contributed by atoms with Crippen molar-refractivity contribution in [2.45, 2.75) is 58.8 Å². The van der Waals surface area contributed by atoms with Crippen LogP contribution in [0, 0.1) is 37.0 Å². The largest absolute Gasteiger partial charge is 0.355 e. The summed E-state index contributed by atoms with van der Waals surface area (Å²) < 4.78 is 0. The molecule has 1 aliphatic heterocycles. The summed E-state index contributed by atoms with van der Waals surface area (Å²) in [7, 11) is 0. The van der Waals surface area contributed by atoms with Gasteiger partial charge in [0.25, 0.3) is 0 Å². The van der Waals surface area contributed by atoms with Gasteiger partial charge in [0.2, 0.25) is 11.8 Å². The van der Waals surface area contributed by atoms with Crippen LogP contribution in [0.4, 0.5) is 5.82 Å². The van der Waals surface area contributed by atoms with Crippen molar-refractivity contribution in [2.75, 3.05) is 37.6 Å². The number of rotatable bonds is 5. The third-order valence-corrected chi connectivity index (χ3v) is 8.05. The molecule has 7 heteroatoms. The summed E-state index contributed by atoms with van der Waals surface area (Å²) in [5, 5.41) is 3.14. The standard InChI is InChI=1S/C24H35N5O2/c1-16-9-21(27-17(2)26-16)28-5-7-29(8-6-28)22(30)3-4-25-23(31)24-13-18-10-19(14-24)12-20(11-18)15-24/h9,18-20H,3-8,10-15H2,1-2H3,(H,25,31). The summed E-state index contributed by atoms with van der Waals surface area (Å²) in [5.74, 6) is 4.37. The van der Waals surface area contributed by atoms with Crippen LogP contribution >= 0.6 is 0 Å². The van der Waals surface area contributed by atoms with E-state index >= 15 is 0 Å². The minimum atomic E-state index is -0.128. The number of hydrogen-bond donors (Lipinski definition) is 1. The van der Waals surface area contributed by atoms with Crippen molar-refractivity contribution in [3.8, 4) is 0 Å². The molecule has 0 radical (unpaired) electrons. The molecule has 2 amide bonds. The van der Waals surface area contributed by atoms with Crippen molar-refractivity contribution < 1.29 is 9.59 Å². The Morgan fingerprint density at radius 2 is 1.61 bits per heavy atom. The zero-order valence-electron chi connectivity index (χ0n) is 18.9. The van der Waals surface area contributed by atoms with Crippen LogP contribution in [-0.2, 0) is 9.59 Å². The Kier molecular flexibility index (Phi) is 5.39. The summed E-state index contributed by atoms with van der Waals surface area (Å²) in [6.07, 6.45) is 7.62. The molecule has 1 saturated heterocycles. The summed E-state index contributed by atoms with van der Waals surface area (Å²) in [6.45, 7) is 7.31. The van der Waals surface area contributed by atoms with Gasteiger partial charge in [-0.15, -0.1) is 0 Å². The maximum absolute atomic E-state index is 13.1. The van der Waals surface area contributed by atoms with Gasteiger partial charge in [0.15, 0.2) is 0 Å². The number of aryl methyl sites for hydroxylation is 2. The first-order chi connectivity index (χ1) is 14.9. The number of aromatic nitrogens is 2. The van der Waals surface area contributed by atoms with E-state index in [1.165, 1.54) is 19.3 Å². The lowest BCUT2D eigenvalue weighted by molar-refractivity contribution is -0.146. The Bertz CT molecular complexity index is 806. The van der Waals surface area contributed by atoms with Gasteiger partial charge in [0, 0.05) is 56.3 Å². The van der Waals surface area contributed by atoms with E-state index in [-0.39, 0.29) is 17.2 Å². The normalized spacial score (nSPS) is 31.7. The van der Waals surface area contributed by atoms with Crippen LogP contribution in [0.3, 0.4) is 0 Å². The number of nitrogens with one attached hydrogen (secondary N) is 1. The summed E-state index contributed by atoms with van der Waals surface area (Å²) >= 11 is 0. The topological polar surface area (TPSA) is 78.4 Å². The van der Waals surface area contributed by atoms with Gasteiger partial charge in [-0.05, 0) is 70.1 Å². The van der Waals surface area contributed by atoms with Crippen molar-refractivity contribution >= 4 is 17.6 Å². The summed E-state index contributed by atoms with van der Waals surface area (Å²) in [5.41, 5.74) is 0.841. The molecule has 1 N–H and O–H groups in total. The Morgan fingerprint density at radius 1 is 1.00 bits per heavy atom. The molecular formula is C24H35N5O2. The quantitative estimate of drug-likeness (QED) is 0.784. The zero-order chi connectivity index (χ0) is 21.6. The minimum absolute atomic E-state index is 0.128. The van der Waals surface area contributed by atoms with Crippen LogP contribution in [0.2, 0.25) is 0 Å². The van der Waals surface area contributed by atoms with Gasteiger partial charge >= 0.3 is 0 Å². The molecule has 31 heavy (non-hydrogen) atoms. The Labute approximate surface area is 185 Å². The third-order valence-electron chi connectivity index (χ3n) is 8.05. The first-order valence-electron chi connectivity index (χ1n) is 12.0. The lowest BCUT2D eigenvalue weighted by atomic mass is 9.49. The van der Waals surface area contributed by atoms with E-state index in [4.69, 9.17) is 0 Å². The van der Waals surface area contributed by atoms with Gasteiger partial charge in [-0.2, -0.15) is 0 Å². The molecule has 2 heterocycles. The third kappa shape index (κ3) is 4.15. The highest BCUT2D eigenvalue weighted by Gasteiger charge is 2.54. The fraction of sp³-hybridized carbons (Fsp3) is 0.750. The van der Waals surface area contributed by atoms with E-state index < -0.39 is 0 Å². The number of amides is 2. The lowest BCUT2D eigenvalue weighted by Gasteiger charge is -2.55. The number of carbonyl (C=O) groups excluding carboxylic acids is 2. The monoisotopic (exact) mass is 425 g/mol. The van der Waals surface area contributed by atoms with Crippen molar-refractivity contribution in [1.82, 2.24) is 20.2 Å². The second kappa shape index (κ2) is 8.06. The van der Waals surface area contributed by atoms with Crippen LogP contribution in [0.15, 0.2) is 6.07 Å². The van der Waals surface area contributed by atoms with E-state index in [2.05, 4.69) is 20.2 Å². The summed E-state index contributed by atoms with van der Waals surface area (Å²) in [6, 6.07) is 2.00. The number of nitrogens with zero attached hydrogens (tertiary/aromatic N) is 4. The van der Waals surface area contributed by atoms with Crippen molar-refractivity contribution in [2.24, 2.45) is 23.2 Å². The van der Waals surface area contributed by atoms with Crippen molar-refractivity contribution in [3.63, 3.8) is 0 Å². The molecule has 0 unspecified atom stereocenters. The van der Waals surface area contributed by atoms with Gasteiger partial charge in [-0.3, -0.25) is 9.59 Å². The molecule has 7 nitrogen and oxygen atoms in total. The van der Waals surface area contributed by atoms with Gasteiger partial charge in [-0.25, -0.2) is 9.97 Å². The predicted molar refractivity (Wildman–Crippen MR) is 119 cm³/mol. The molecule has 4 saturated carbocycles. The Morgan fingerprint density at radius 3 is 2.19 bits per heavy atom. The molecule has 5 fully saturated rings. The SMILES string of the molecule is Cc1cc(N2CCN(C(=O)CCNC(=O)C34CC5CC(CC(C5)C3)C4)CC2)nc(C)n1. The predicted octanol–water partition coefficient (Wildman–Crippen LogP) is 2.46. The molecule has 0 spiro atoms. The van der Waals surface area contributed by atoms with Gasteiger partial charge in [0.05, 0.1) is 0 Å². The second-order valence-electron chi connectivity index (χ2n) is 10.5. The molecule has 5 aliphatic rings. The fourth-order valence-corrected chi connectivity index (χ4v) is 7.06. The first kappa shape index (κ1) is 20.7. The molecular weight excluding hydrogens is 390 g/mol. The van der Waals surface area contributed by atoms with E-state index in [0.29, 0.717) is 26.1 Å². The molecule has 0 aromatic carbocycles. The van der Waals surface area contributed by atoms with Crippen LogP contribution in [-0.4, -0.2) is 59.4 Å². The number of hydrogen-bond acceptors (Lipinski definition) is 5. The molecule has 0 atom stereocenters.